The molecule has 4 aromatic rings. The summed E-state index contributed by atoms with van der Waals surface area (Å²) in [6.45, 7) is 2.14. The quantitative estimate of drug-likeness (QED) is 0.399. The van der Waals surface area contributed by atoms with E-state index in [2.05, 4.69) is 37.2 Å². The van der Waals surface area contributed by atoms with Gasteiger partial charge in [-0.05, 0) is 36.6 Å². The van der Waals surface area contributed by atoms with Crippen LogP contribution in [-0.4, -0.2) is 42.0 Å². The largest absolute Gasteiger partial charge is 0.352 e. The second-order valence-electron chi connectivity index (χ2n) is 8.73. The fourth-order valence-electron chi connectivity index (χ4n) is 4.39. The molecule has 1 aliphatic rings. The Balaban J connectivity index is 1.25. The van der Waals surface area contributed by atoms with E-state index in [4.69, 9.17) is 5.10 Å². The zero-order valence-electron chi connectivity index (χ0n) is 19.7. The number of fused-ring (bicyclic) bond motifs is 1. The molecule has 0 saturated carbocycles. The van der Waals surface area contributed by atoms with Gasteiger partial charge < -0.3 is 9.88 Å². The van der Waals surface area contributed by atoms with E-state index in [0.717, 1.165) is 53.4 Å². The number of benzene rings is 1. The van der Waals surface area contributed by atoms with Gasteiger partial charge in [0.15, 0.2) is 0 Å². The molecule has 3 aromatic heterocycles. The highest BCUT2D eigenvalue weighted by Gasteiger charge is 2.14. The molecule has 178 valence electrons. The number of nitrogens with zero attached hydrogens (tertiary/aromatic N) is 6. The Morgan fingerprint density at radius 2 is 1.97 bits per heavy atom. The van der Waals surface area contributed by atoms with Crippen LogP contribution in [0.15, 0.2) is 67.1 Å². The van der Waals surface area contributed by atoms with Crippen molar-refractivity contribution in [3.8, 4) is 11.3 Å². The third-order valence-electron chi connectivity index (χ3n) is 6.16. The summed E-state index contributed by atoms with van der Waals surface area (Å²) in [5, 5.41) is 16.4. The second-order valence-corrected chi connectivity index (χ2v) is 8.73. The standard InChI is InChI=1S/C27H29N7O/c35-26(29-16-14-25-31-30-24-11-5-2-6-17-34(24)25)13-12-23-20-33(19-21-8-3-1-4-9-21)32-27(23)22-10-7-15-28-18-22/h1,3-4,7-10,12-13,15,18,20H,2,5-6,11,14,16-17,19H2,(H,29,35)/b13-12+. The van der Waals surface area contributed by atoms with Crippen molar-refractivity contribution in [3.63, 3.8) is 0 Å². The van der Waals surface area contributed by atoms with Gasteiger partial charge in [-0.3, -0.25) is 14.5 Å². The number of hydrogen-bond acceptors (Lipinski definition) is 5. The molecule has 0 fully saturated rings. The van der Waals surface area contributed by atoms with Crippen molar-refractivity contribution in [2.75, 3.05) is 6.54 Å². The predicted octanol–water partition coefficient (Wildman–Crippen LogP) is 3.68. The van der Waals surface area contributed by atoms with Crippen LogP contribution in [-0.2, 0) is 30.7 Å². The minimum absolute atomic E-state index is 0.145. The maximum absolute atomic E-state index is 12.6. The van der Waals surface area contributed by atoms with Crippen LogP contribution in [0, 0.1) is 0 Å². The average Bonchev–Trinajstić information content (AvgIpc) is 3.39. The van der Waals surface area contributed by atoms with E-state index in [1.165, 1.54) is 12.8 Å². The SMILES string of the molecule is O=C(/C=C/c1cn(Cc2ccccc2)nc1-c1cccnc1)NCCc1nnc2n1CCCCC2. The van der Waals surface area contributed by atoms with Crippen molar-refractivity contribution in [1.29, 1.82) is 0 Å². The van der Waals surface area contributed by atoms with Gasteiger partial charge in [0.05, 0.1) is 6.54 Å². The average molecular weight is 468 g/mol. The van der Waals surface area contributed by atoms with E-state index in [1.54, 1.807) is 18.5 Å². The summed E-state index contributed by atoms with van der Waals surface area (Å²) in [4.78, 5) is 16.8. The van der Waals surface area contributed by atoms with Crippen molar-refractivity contribution in [3.05, 3.63) is 89.9 Å². The van der Waals surface area contributed by atoms with Gasteiger partial charge in [0.25, 0.3) is 0 Å². The Bertz CT molecular complexity index is 1290. The maximum Gasteiger partial charge on any atom is 0.244 e. The van der Waals surface area contributed by atoms with Gasteiger partial charge in [-0.1, -0.05) is 36.8 Å². The number of nitrogens with one attached hydrogen (secondary N) is 1. The van der Waals surface area contributed by atoms with Crippen LogP contribution in [0.25, 0.3) is 17.3 Å². The van der Waals surface area contributed by atoms with Gasteiger partial charge in [-0.2, -0.15) is 5.10 Å². The Morgan fingerprint density at radius 1 is 1.06 bits per heavy atom. The van der Waals surface area contributed by atoms with Crippen LogP contribution in [0.5, 0.6) is 0 Å². The number of amides is 1. The molecule has 1 N–H and O–H groups in total. The first-order valence-corrected chi connectivity index (χ1v) is 12.1. The molecular formula is C27H29N7O. The number of hydrogen-bond donors (Lipinski definition) is 1. The molecule has 35 heavy (non-hydrogen) atoms. The lowest BCUT2D eigenvalue weighted by Gasteiger charge is -2.07. The zero-order valence-corrected chi connectivity index (χ0v) is 19.7. The van der Waals surface area contributed by atoms with E-state index < -0.39 is 0 Å². The second kappa shape index (κ2) is 10.9. The molecule has 0 radical (unpaired) electrons. The molecular weight excluding hydrogens is 438 g/mol. The van der Waals surface area contributed by atoms with Crippen LogP contribution in [0.3, 0.4) is 0 Å². The number of pyridine rings is 1. The topological polar surface area (TPSA) is 90.5 Å². The summed E-state index contributed by atoms with van der Waals surface area (Å²) < 4.78 is 4.11. The van der Waals surface area contributed by atoms with Gasteiger partial charge in [0.2, 0.25) is 5.91 Å². The predicted molar refractivity (Wildman–Crippen MR) is 134 cm³/mol. The van der Waals surface area contributed by atoms with Gasteiger partial charge in [0, 0.05) is 61.7 Å². The minimum Gasteiger partial charge on any atom is -0.352 e. The molecule has 1 aliphatic heterocycles. The molecule has 1 aromatic carbocycles. The molecule has 0 unspecified atom stereocenters. The molecule has 0 spiro atoms. The van der Waals surface area contributed by atoms with E-state index in [0.29, 0.717) is 19.5 Å². The summed E-state index contributed by atoms with van der Waals surface area (Å²) in [6.07, 6.45) is 14.1. The van der Waals surface area contributed by atoms with Gasteiger partial charge in [-0.15, -0.1) is 10.2 Å². The molecule has 0 saturated heterocycles. The third-order valence-corrected chi connectivity index (χ3v) is 6.16. The van der Waals surface area contributed by atoms with Crippen molar-refractivity contribution in [2.45, 2.75) is 45.2 Å². The van der Waals surface area contributed by atoms with Crippen LogP contribution < -0.4 is 5.32 Å². The molecule has 0 atom stereocenters. The number of carbonyl (C=O) groups is 1. The Labute approximate surface area is 204 Å². The summed E-state index contributed by atoms with van der Waals surface area (Å²) >= 11 is 0. The lowest BCUT2D eigenvalue weighted by molar-refractivity contribution is -0.116. The number of rotatable bonds is 8. The number of aryl methyl sites for hydroxylation is 1. The van der Waals surface area contributed by atoms with Gasteiger partial charge >= 0.3 is 0 Å². The highest BCUT2D eigenvalue weighted by molar-refractivity contribution is 5.92. The van der Waals surface area contributed by atoms with E-state index in [1.807, 2.05) is 47.3 Å². The summed E-state index contributed by atoms with van der Waals surface area (Å²) in [5.41, 5.74) is 3.73. The first kappa shape index (κ1) is 22.7. The fraction of sp³-hybridized carbons (Fsp3) is 0.296. The lowest BCUT2D eigenvalue weighted by Crippen LogP contribution is -2.24. The third kappa shape index (κ3) is 5.71. The first-order valence-electron chi connectivity index (χ1n) is 12.1. The van der Waals surface area contributed by atoms with E-state index >= 15 is 0 Å². The molecule has 4 heterocycles. The minimum atomic E-state index is -0.145. The molecule has 0 bridgehead atoms. The molecule has 0 aliphatic carbocycles. The summed E-state index contributed by atoms with van der Waals surface area (Å²) in [5.74, 6) is 1.87. The van der Waals surface area contributed by atoms with E-state index in [-0.39, 0.29) is 5.91 Å². The van der Waals surface area contributed by atoms with E-state index in [9.17, 15) is 4.79 Å². The smallest absolute Gasteiger partial charge is 0.244 e. The van der Waals surface area contributed by atoms with Gasteiger partial charge in [-0.25, -0.2) is 0 Å². The number of aromatic nitrogens is 6. The van der Waals surface area contributed by atoms with Crippen LogP contribution in [0.2, 0.25) is 0 Å². The zero-order chi connectivity index (χ0) is 23.9. The molecule has 5 rings (SSSR count). The molecule has 8 heteroatoms. The highest BCUT2D eigenvalue weighted by Crippen LogP contribution is 2.23. The van der Waals surface area contributed by atoms with Crippen molar-refractivity contribution in [2.24, 2.45) is 0 Å². The molecule has 1 amide bonds. The summed E-state index contributed by atoms with van der Waals surface area (Å²) in [7, 11) is 0. The summed E-state index contributed by atoms with van der Waals surface area (Å²) in [6, 6.07) is 14.0. The van der Waals surface area contributed by atoms with Crippen molar-refractivity contribution < 1.29 is 4.79 Å². The van der Waals surface area contributed by atoms with Crippen molar-refractivity contribution >= 4 is 12.0 Å². The fourth-order valence-corrected chi connectivity index (χ4v) is 4.39. The van der Waals surface area contributed by atoms with Crippen LogP contribution in [0.4, 0.5) is 0 Å². The number of carbonyl (C=O) groups excluding carboxylic acids is 1. The van der Waals surface area contributed by atoms with Gasteiger partial charge in [0.1, 0.15) is 17.3 Å². The highest BCUT2D eigenvalue weighted by atomic mass is 16.1. The Kier molecular flexibility index (Phi) is 7.07. The van der Waals surface area contributed by atoms with Crippen LogP contribution in [0.1, 0.15) is 42.0 Å². The Hall–Kier alpha value is -4.07. The lowest BCUT2D eigenvalue weighted by atomic mass is 10.1. The Morgan fingerprint density at radius 3 is 2.83 bits per heavy atom. The normalized spacial score (nSPS) is 13.5. The molecule has 8 nitrogen and oxygen atoms in total. The maximum atomic E-state index is 12.6. The monoisotopic (exact) mass is 467 g/mol. The van der Waals surface area contributed by atoms with Crippen LogP contribution >= 0.6 is 0 Å². The van der Waals surface area contributed by atoms with Crippen molar-refractivity contribution in [1.82, 2.24) is 34.8 Å². The first-order chi connectivity index (χ1) is 17.3.